The molecule has 0 aliphatic rings. The van der Waals surface area contributed by atoms with Gasteiger partial charge in [-0.2, -0.15) is 0 Å². The van der Waals surface area contributed by atoms with E-state index in [1.54, 1.807) is 13.8 Å². The average Bonchev–Trinajstić information content (AvgIpc) is 1.83. The van der Waals surface area contributed by atoms with Gasteiger partial charge in [0.1, 0.15) is 5.60 Å². The topological polar surface area (TPSA) is 23.5 Å². The van der Waals surface area contributed by atoms with Crippen molar-refractivity contribution in [2.24, 2.45) is 0 Å². The maximum atomic E-state index is 9.17. The second-order valence-electron chi connectivity index (χ2n) is 3.35. The fourth-order valence-electron chi connectivity index (χ4n) is 0.426. The minimum absolute atomic E-state index is 0.695. The van der Waals surface area contributed by atoms with Crippen molar-refractivity contribution >= 4 is 0 Å². The van der Waals surface area contributed by atoms with Gasteiger partial charge in [-0.3, -0.25) is 4.90 Å². The van der Waals surface area contributed by atoms with Crippen molar-refractivity contribution in [1.82, 2.24) is 4.90 Å². The average molecular weight is 165 g/mol. The SMILES string of the molecule is CN(C)CC#CC#CC(C)(C)O. The van der Waals surface area contributed by atoms with Crippen LogP contribution < -0.4 is 0 Å². The number of hydrogen-bond donors (Lipinski definition) is 1. The van der Waals surface area contributed by atoms with Crippen molar-refractivity contribution in [3.05, 3.63) is 0 Å². The van der Waals surface area contributed by atoms with Crippen molar-refractivity contribution in [2.45, 2.75) is 19.4 Å². The first-order chi connectivity index (χ1) is 5.42. The molecule has 0 aliphatic carbocycles. The van der Waals surface area contributed by atoms with Crippen LogP contribution in [-0.2, 0) is 0 Å². The van der Waals surface area contributed by atoms with Gasteiger partial charge in [-0.25, -0.2) is 0 Å². The maximum absolute atomic E-state index is 9.17. The fraction of sp³-hybridized carbons (Fsp3) is 0.600. The van der Waals surface area contributed by atoms with E-state index in [2.05, 4.69) is 23.7 Å². The lowest BCUT2D eigenvalue weighted by molar-refractivity contribution is 0.143. The molecular weight excluding hydrogens is 150 g/mol. The highest BCUT2D eigenvalue weighted by Crippen LogP contribution is 1.95. The predicted octanol–water partition coefficient (Wildman–Crippen LogP) is 0.326. The van der Waals surface area contributed by atoms with Gasteiger partial charge in [-0.15, -0.1) is 0 Å². The number of aliphatic hydroxyl groups is 1. The van der Waals surface area contributed by atoms with Crippen molar-refractivity contribution in [2.75, 3.05) is 20.6 Å². The van der Waals surface area contributed by atoms with E-state index < -0.39 is 5.60 Å². The lowest BCUT2D eigenvalue weighted by Crippen LogP contribution is -2.14. The third kappa shape index (κ3) is 9.04. The zero-order chi connectivity index (χ0) is 9.61. The Bertz CT molecular complexity index is 239. The van der Waals surface area contributed by atoms with Crippen LogP contribution in [0, 0.1) is 23.7 Å². The molecule has 66 valence electrons. The molecule has 0 atom stereocenters. The third-order valence-corrected chi connectivity index (χ3v) is 0.915. The zero-order valence-corrected chi connectivity index (χ0v) is 8.10. The first-order valence-electron chi connectivity index (χ1n) is 3.79. The van der Waals surface area contributed by atoms with E-state index >= 15 is 0 Å². The summed E-state index contributed by atoms with van der Waals surface area (Å²) in [5.74, 6) is 10.7. The lowest BCUT2D eigenvalue weighted by Gasteiger charge is -2.04. The largest absolute Gasteiger partial charge is 0.378 e. The molecule has 0 aromatic heterocycles. The molecule has 0 amide bonds. The Balaban J connectivity index is 3.91. The number of rotatable bonds is 1. The second-order valence-corrected chi connectivity index (χ2v) is 3.35. The molecule has 0 spiro atoms. The molecule has 0 radical (unpaired) electrons. The molecule has 2 nitrogen and oxygen atoms in total. The second kappa shape index (κ2) is 4.83. The standard InChI is InChI=1S/C10H15NO/c1-10(2,12)8-6-5-7-9-11(3)4/h12H,9H2,1-4H3. The first-order valence-corrected chi connectivity index (χ1v) is 3.79. The van der Waals surface area contributed by atoms with E-state index in [9.17, 15) is 5.11 Å². The van der Waals surface area contributed by atoms with Gasteiger partial charge in [0.15, 0.2) is 0 Å². The predicted molar refractivity (Wildman–Crippen MR) is 50.4 cm³/mol. The van der Waals surface area contributed by atoms with E-state index in [0.717, 1.165) is 0 Å². The molecule has 1 N–H and O–H groups in total. The summed E-state index contributed by atoms with van der Waals surface area (Å²) in [6.07, 6.45) is 0. The van der Waals surface area contributed by atoms with Crippen molar-refractivity contribution in [1.29, 1.82) is 0 Å². The normalized spacial score (nSPS) is 9.83. The summed E-state index contributed by atoms with van der Waals surface area (Å²) >= 11 is 0. The van der Waals surface area contributed by atoms with E-state index in [4.69, 9.17) is 0 Å². The Morgan fingerprint density at radius 3 is 2.25 bits per heavy atom. The molecule has 0 aromatic rings. The highest BCUT2D eigenvalue weighted by molar-refractivity contribution is 5.29. The summed E-state index contributed by atoms with van der Waals surface area (Å²) in [4.78, 5) is 1.96. The van der Waals surface area contributed by atoms with Crippen molar-refractivity contribution in [3.8, 4) is 23.7 Å². The smallest absolute Gasteiger partial charge is 0.120 e. The molecule has 0 saturated heterocycles. The Hall–Kier alpha value is -0.960. The summed E-state index contributed by atoms with van der Waals surface area (Å²) in [7, 11) is 3.89. The summed E-state index contributed by atoms with van der Waals surface area (Å²) in [6.45, 7) is 3.96. The minimum Gasteiger partial charge on any atom is -0.378 e. The highest BCUT2D eigenvalue weighted by Gasteiger charge is 2.04. The number of hydrogen-bond acceptors (Lipinski definition) is 2. The van der Waals surface area contributed by atoms with E-state index in [1.165, 1.54) is 0 Å². The zero-order valence-electron chi connectivity index (χ0n) is 8.10. The van der Waals surface area contributed by atoms with Gasteiger partial charge in [0, 0.05) is 0 Å². The van der Waals surface area contributed by atoms with Crippen LogP contribution in [0.1, 0.15) is 13.8 Å². The van der Waals surface area contributed by atoms with Gasteiger partial charge in [0.2, 0.25) is 0 Å². The molecular formula is C10H15NO. The Morgan fingerprint density at radius 1 is 1.25 bits per heavy atom. The number of nitrogens with zero attached hydrogens (tertiary/aromatic N) is 1. The Kier molecular flexibility index (Phi) is 4.44. The minimum atomic E-state index is -0.938. The molecule has 0 fully saturated rings. The van der Waals surface area contributed by atoms with Crippen LogP contribution in [0.15, 0.2) is 0 Å². The molecule has 0 aliphatic heterocycles. The molecule has 0 unspecified atom stereocenters. The van der Waals surface area contributed by atoms with Crippen LogP contribution in [0.4, 0.5) is 0 Å². The molecule has 0 bridgehead atoms. The Morgan fingerprint density at radius 2 is 1.83 bits per heavy atom. The third-order valence-electron chi connectivity index (χ3n) is 0.915. The van der Waals surface area contributed by atoms with Crippen LogP contribution in [0.25, 0.3) is 0 Å². The van der Waals surface area contributed by atoms with Crippen LogP contribution in [-0.4, -0.2) is 36.2 Å². The molecule has 0 heterocycles. The molecule has 0 aromatic carbocycles. The molecule has 0 rings (SSSR count). The van der Waals surface area contributed by atoms with Gasteiger partial charge in [-0.05, 0) is 39.8 Å². The molecule has 2 heteroatoms. The first kappa shape index (κ1) is 11.0. The van der Waals surface area contributed by atoms with Crippen molar-refractivity contribution in [3.63, 3.8) is 0 Å². The molecule has 0 saturated carbocycles. The molecule has 12 heavy (non-hydrogen) atoms. The summed E-state index contributed by atoms with van der Waals surface area (Å²) in [5, 5.41) is 9.17. The van der Waals surface area contributed by atoms with Crippen molar-refractivity contribution < 1.29 is 5.11 Å². The quantitative estimate of drug-likeness (QED) is 0.566. The highest BCUT2D eigenvalue weighted by atomic mass is 16.3. The lowest BCUT2D eigenvalue weighted by atomic mass is 10.1. The van der Waals surface area contributed by atoms with Crippen LogP contribution >= 0.6 is 0 Å². The summed E-state index contributed by atoms with van der Waals surface area (Å²) in [6, 6.07) is 0. The Labute approximate surface area is 74.6 Å². The van der Waals surface area contributed by atoms with Crippen LogP contribution in [0.2, 0.25) is 0 Å². The van der Waals surface area contributed by atoms with Crippen LogP contribution in [0.5, 0.6) is 0 Å². The van der Waals surface area contributed by atoms with Crippen LogP contribution in [0.3, 0.4) is 0 Å². The van der Waals surface area contributed by atoms with Gasteiger partial charge in [0.25, 0.3) is 0 Å². The van der Waals surface area contributed by atoms with E-state index in [1.807, 2.05) is 19.0 Å². The monoisotopic (exact) mass is 165 g/mol. The van der Waals surface area contributed by atoms with Gasteiger partial charge in [-0.1, -0.05) is 11.8 Å². The van der Waals surface area contributed by atoms with Gasteiger partial charge in [0.05, 0.1) is 6.54 Å². The van der Waals surface area contributed by atoms with E-state index in [-0.39, 0.29) is 0 Å². The van der Waals surface area contributed by atoms with Gasteiger partial charge >= 0.3 is 0 Å². The fourth-order valence-corrected chi connectivity index (χ4v) is 0.426. The summed E-state index contributed by atoms with van der Waals surface area (Å²) < 4.78 is 0. The van der Waals surface area contributed by atoms with E-state index in [0.29, 0.717) is 6.54 Å². The van der Waals surface area contributed by atoms with Gasteiger partial charge < -0.3 is 5.11 Å². The summed E-state index contributed by atoms with van der Waals surface area (Å²) in [5.41, 5.74) is -0.938. The maximum Gasteiger partial charge on any atom is 0.120 e.